The van der Waals surface area contributed by atoms with Crippen LogP contribution >= 0.6 is 0 Å². The van der Waals surface area contributed by atoms with E-state index in [1.165, 1.54) is 5.56 Å². The molecule has 2 heterocycles. The minimum atomic E-state index is 0.0164. The third-order valence-electron chi connectivity index (χ3n) is 3.87. The summed E-state index contributed by atoms with van der Waals surface area (Å²) in [7, 11) is 0. The van der Waals surface area contributed by atoms with Gasteiger partial charge in [-0.2, -0.15) is 4.98 Å². The summed E-state index contributed by atoms with van der Waals surface area (Å²) in [6, 6.07) is 13.8. The van der Waals surface area contributed by atoms with Crippen molar-refractivity contribution in [2.24, 2.45) is 0 Å². The van der Waals surface area contributed by atoms with Crippen molar-refractivity contribution >= 4 is 17.0 Å². The van der Waals surface area contributed by atoms with Crippen LogP contribution in [0.1, 0.15) is 24.4 Å². The Hall–Kier alpha value is -2.69. The number of benzene rings is 1. The average molecular weight is 292 g/mol. The molecule has 1 N–H and O–H groups in total. The van der Waals surface area contributed by atoms with Gasteiger partial charge in [-0.15, -0.1) is 0 Å². The maximum atomic E-state index is 12.1. The molecular weight excluding hydrogens is 276 g/mol. The van der Waals surface area contributed by atoms with Crippen LogP contribution in [-0.2, 0) is 6.54 Å². The van der Waals surface area contributed by atoms with E-state index in [2.05, 4.69) is 15.3 Å². The van der Waals surface area contributed by atoms with Crippen LogP contribution < -0.4 is 10.9 Å². The molecule has 0 saturated heterocycles. The first kappa shape index (κ1) is 13.0. The molecule has 1 saturated carbocycles. The SMILES string of the molecule is O=c1ccc2cnc(NCc3ccccc3)nc2n1C1CC1. The van der Waals surface area contributed by atoms with Gasteiger partial charge < -0.3 is 5.32 Å². The van der Waals surface area contributed by atoms with Crippen molar-refractivity contribution in [1.82, 2.24) is 14.5 Å². The molecule has 0 aliphatic heterocycles. The summed E-state index contributed by atoms with van der Waals surface area (Å²) in [5, 5.41) is 4.12. The van der Waals surface area contributed by atoms with Crippen molar-refractivity contribution in [3.05, 3.63) is 64.6 Å². The smallest absolute Gasteiger partial charge is 0.252 e. The Balaban J connectivity index is 1.67. The topological polar surface area (TPSA) is 59.8 Å². The Morgan fingerprint density at radius 3 is 2.73 bits per heavy atom. The summed E-state index contributed by atoms with van der Waals surface area (Å²) >= 11 is 0. The zero-order valence-electron chi connectivity index (χ0n) is 12.1. The van der Waals surface area contributed by atoms with Crippen molar-refractivity contribution in [2.75, 3.05) is 5.32 Å². The van der Waals surface area contributed by atoms with Gasteiger partial charge >= 0.3 is 0 Å². The molecule has 5 heteroatoms. The van der Waals surface area contributed by atoms with E-state index in [4.69, 9.17) is 0 Å². The van der Waals surface area contributed by atoms with Gasteiger partial charge in [-0.1, -0.05) is 30.3 Å². The van der Waals surface area contributed by atoms with E-state index in [0.717, 1.165) is 23.9 Å². The highest BCUT2D eigenvalue weighted by molar-refractivity contribution is 5.75. The Morgan fingerprint density at radius 2 is 1.95 bits per heavy atom. The normalized spacial score (nSPS) is 14.2. The second-order valence-electron chi connectivity index (χ2n) is 5.58. The Bertz CT molecular complexity index is 869. The van der Waals surface area contributed by atoms with Crippen molar-refractivity contribution < 1.29 is 0 Å². The molecule has 1 aliphatic carbocycles. The summed E-state index contributed by atoms with van der Waals surface area (Å²) in [5.74, 6) is 0.552. The number of rotatable bonds is 4. The van der Waals surface area contributed by atoms with E-state index >= 15 is 0 Å². The van der Waals surface area contributed by atoms with Crippen LogP contribution in [-0.4, -0.2) is 14.5 Å². The number of nitrogens with zero attached hydrogens (tertiary/aromatic N) is 3. The fourth-order valence-electron chi connectivity index (χ4n) is 2.59. The molecule has 2 aromatic heterocycles. The van der Waals surface area contributed by atoms with Gasteiger partial charge in [0.2, 0.25) is 5.95 Å². The molecule has 0 amide bonds. The Labute approximate surface area is 127 Å². The van der Waals surface area contributed by atoms with Gasteiger partial charge in [0.1, 0.15) is 5.65 Å². The molecule has 1 fully saturated rings. The first-order valence-corrected chi connectivity index (χ1v) is 7.47. The van der Waals surface area contributed by atoms with Crippen molar-refractivity contribution in [2.45, 2.75) is 25.4 Å². The van der Waals surface area contributed by atoms with Crippen molar-refractivity contribution in [3.63, 3.8) is 0 Å². The first-order valence-electron chi connectivity index (χ1n) is 7.47. The second kappa shape index (κ2) is 5.26. The number of anilines is 1. The second-order valence-corrected chi connectivity index (χ2v) is 5.58. The number of pyridine rings is 1. The molecule has 5 nitrogen and oxygen atoms in total. The molecule has 0 bridgehead atoms. The highest BCUT2D eigenvalue weighted by Crippen LogP contribution is 2.35. The fraction of sp³-hybridized carbons (Fsp3) is 0.235. The average Bonchev–Trinajstić information content (AvgIpc) is 3.38. The zero-order valence-corrected chi connectivity index (χ0v) is 12.1. The monoisotopic (exact) mass is 292 g/mol. The fourth-order valence-corrected chi connectivity index (χ4v) is 2.59. The van der Waals surface area contributed by atoms with Crippen LogP contribution in [0, 0.1) is 0 Å². The van der Waals surface area contributed by atoms with Gasteiger partial charge in [0.15, 0.2) is 0 Å². The van der Waals surface area contributed by atoms with Crippen molar-refractivity contribution in [1.29, 1.82) is 0 Å². The molecule has 0 unspecified atom stereocenters. The van der Waals surface area contributed by atoms with Crippen LogP contribution in [0.5, 0.6) is 0 Å². The molecule has 22 heavy (non-hydrogen) atoms. The van der Waals surface area contributed by atoms with Crippen LogP contribution in [0.4, 0.5) is 5.95 Å². The van der Waals surface area contributed by atoms with E-state index in [0.29, 0.717) is 18.5 Å². The summed E-state index contributed by atoms with van der Waals surface area (Å²) in [5.41, 5.74) is 1.90. The van der Waals surface area contributed by atoms with E-state index < -0.39 is 0 Å². The number of nitrogens with one attached hydrogen (secondary N) is 1. The summed E-state index contributed by atoms with van der Waals surface area (Å²) < 4.78 is 1.80. The predicted molar refractivity (Wildman–Crippen MR) is 85.8 cm³/mol. The lowest BCUT2D eigenvalue weighted by atomic mass is 10.2. The van der Waals surface area contributed by atoms with E-state index in [9.17, 15) is 4.79 Å². The lowest BCUT2D eigenvalue weighted by molar-refractivity contribution is 0.729. The van der Waals surface area contributed by atoms with Crippen molar-refractivity contribution in [3.8, 4) is 0 Å². The zero-order chi connectivity index (χ0) is 14.9. The predicted octanol–water partition coefficient (Wildman–Crippen LogP) is 2.74. The minimum Gasteiger partial charge on any atom is -0.350 e. The quantitative estimate of drug-likeness (QED) is 0.803. The maximum absolute atomic E-state index is 12.1. The maximum Gasteiger partial charge on any atom is 0.252 e. The van der Waals surface area contributed by atoms with Gasteiger partial charge in [0.05, 0.1) is 0 Å². The Kier molecular flexibility index (Phi) is 3.11. The van der Waals surface area contributed by atoms with Crippen LogP contribution in [0.15, 0.2) is 53.5 Å². The highest BCUT2D eigenvalue weighted by Gasteiger charge is 2.26. The van der Waals surface area contributed by atoms with Gasteiger partial charge in [0, 0.05) is 30.2 Å². The van der Waals surface area contributed by atoms with E-state index in [1.54, 1.807) is 22.9 Å². The lowest BCUT2D eigenvalue weighted by Crippen LogP contribution is -2.19. The number of hydrogen-bond donors (Lipinski definition) is 1. The van der Waals surface area contributed by atoms with E-state index in [1.807, 2.05) is 30.3 Å². The van der Waals surface area contributed by atoms with Crippen LogP contribution in [0.25, 0.3) is 11.0 Å². The third kappa shape index (κ3) is 2.45. The number of hydrogen-bond acceptors (Lipinski definition) is 4. The first-order chi connectivity index (χ1) is 10.8. The van der Waals surface area contributed by atoms with Gasteiger partial charge in [0.25, 0.3) is 5.56 Å². The molecular formula is C17H16N4O. The van der Waals surface area contributed by atoms with E-state index in [-0.39, 0.29) is 5.56 Å². The molecule has 3 aromatic rings. The molecule has 0 atom stereocenters. The molecule has 0 spiro atoms. The number of fused-ring (bicyclic) bond motifs is 1. The molecule has 1 aliphatic rings. The number of aromatic nitrogens is 3. The third-order valence-corrected chi connectivity index (χ3v) is 3.87. The summed E-state index contributed by atoms with van der Waals surface area (Å²) in [4.78, 5) is 21.0. The van der Waals surface area contributed by atoms with Crippen LogP contribution in [0.2, 0.25) is 0 Å². The van der Waals surface area contributed by atoms with Crippen LogP contribution in [0.3, 0.4) is 0 Å². The standard InChI is InChI=1S/C17H16N4O/c22-15-9-6-13-11-19-17(18-10-12-4-2-1-3-5-12)20-16(13)21(15)14-7-8-14/h1-6,9,11,14H,7-8,10H2,(H,18,19,20). The molecule has 4 rings (SSSR count). The largest absolute Gasteiger partial charge is 0.350 e. The molecule has 0 radical (unpaired) electrons. The minimum absolute atomic E-state index is 0.0164. The van der Waals surface area contributed by atoms with Gasteiger partial charge in [-0.05, 0) is 24.5 Å². The highest BCUT2D eigenvalue weighted by atomic mass is 16.1. The van der Waals surface area contributed by atoms with Gasteiger partial charge in [-0.25, -0.2) is 4.98 Å². The van der Waals surface area contributed by atoms with Gasteiger partial charge in [-0.3, -0.25) is 9.36 Å². The lowest BCUT2D eigenvalue weighted by Gasteiger charge is -2.10. The Morgan fingerprint density at radius 1 is 1.14 bits per heavy atom. The summed E-state index contributed by atoms with van der Waals surface area (Å²) in [6.45, 7) is 0.660. The molecule has 1 aromatic carbocycles. The molecule has 110 valence electrons. The summed E-state index contributed by atoms with van der Waals surface area (Å²) in [6.07, 6.45) is 3.87.